The van der Waals surface area contributed by atoms with Crippen molar-refractivity contribution in [2.45, 2.75) is 58.2 Å². The third-order valence-electron chi connectivity index (χ3n) is 4.21. The fourth-order valence-electron chi connectivity index (χ4n) is 2.90. The van der Waals surface area contributed by atoms with Crippen LogP contribution in [0.25, 0.3) is 11.5 Å². The second-order valence-corrected chi connectivity index (χ2v) is 7.86. The molecular formula is C20H25N5O4. The first-order valence-electron chi connectivity index (χ1n) is 9.64. The SMILES string of the molecule is CC(C)(C)OC(=O)N1CCC(Oc2ccnc(-c3noc(CCCC#N)n3)c2)C1. The van der Waals surface area contributed by atoms with Crippen molar-refractivity contribution in [1.29, 1.82) is 5.26 Å². The van der Waals surface area contributed by atoms with Gasteiger partial charge in [-0.3, -0.25) is 4.98 Å². The van der Waals surface area contributed by atoms with Crippen LogP contribution in [0.3, 0.4) is 0 Å². The molecule has 1 atom stereocenters. The largest absolute Gasteiger partial charge is 0.488 e. The molecule has 0 aromatic carbocycles. The minimum Gasteiger partial charge on any atom is -0.488 e. The van der Waals surface area contributed by atoms with Crippen LogP contribution in [-0.4, -0.2) is 50.9 Å². The monoisotopic (exact) mass is 399 g/mol. The minimum absolute atomic E-state index is 0.121. The number of nitrogens with zero attached hydrogens (tertiary/aromatic N) is 5. The predicted octanol–water partition coefficient (Wildman–Crippen LogP) is 3.37. The van der Waals surface area contributed by atoms with E-state index in [-0.39, 0.29) is 12.2 Å². The summed E-state index contributed by atoms with van der Waals surface area (Å²) < 4.78 is 16.6. The Balaban J connectivity index is 1.58. The molecule has 0 saturated carbocycles. The molecule has 1 aliphatic rings. The van der Waals surface area contributed by atoms with Crippen LogP contribution in [0.2, 0.25) is 0 Å². The zero-order chi connectivity index (χ0) is 20.9. The number of carbonyl (C=O) groups excluding carboxylic acids is 1. The maximum Gasteiger partial charge on any atom is 0.410 e. The first-order chi connectivity index (χ1) is 13.8. The van der Waals surface area contributed by atoms with E-state index >= 15 is 0 Å². The Kier molecular flexibility index (Phi) is 6.32. The van der Waals surface area contributed by atoms with Gasteiger partial charge >= 0.3 is 6.09 Å². The second-order valence-electron chi connectivity index (χ2n) is 7.86. The van der Waals surface area contributed by atoms with E-state index in [1.165, 1.54) is 0 Å². The second kappa shape index (κ2) is 8.90. The highest BCUT2D eigenvalue weighted by atomic mass is 16.6. The average Bonchev–Trinajstić information content (AvgIpc) is 3.31. The standard InChI is InChI=1S/C20H25N5O4/c1-20(2,3)28-19(26)25-11-8-15(13-25)27-14-7-10-22-16(12-14)18-23-17(29-24-18)6-4-5-9-21/h7,10,12,15H,4-6,8,11,13H2,1-3H3. The van der Waals surface area contributed by atoms with Crippen LogP contribution in [0, 0.1) is 11.3 Å². The fraction of sp³-hybridized carbons (Fsp3) is 0.550. The predicted molar refractivity (Wildman–Crippen MR) is 103 cm³/mol. The first-order valence-corrected chi connectivity index (χ1v) is 9.64. The number of hydrogen-bond acceptors (Lipinski definition) is 8. The summed E-state index contributed by atoms with van der Waals surface area (Å²) in [5.74, 6) is 1.48. The van der Waals surface area contributed by atoms with Crippen molar-refractivity contribution in [3.8, 4) is 23.3 Å². The zero-order valence-corrected chi connectivity index (χ0v) is 16.9. The average molecular weight is 399 g/mol. The number of hydrogen-bond donors (Lipinski definition) is 0. The van der Waals surface area contributed by atoms with E-state index in [1.54, 1.807) is 23.2 Å². The molecule has 154 valence electrons. The highest BCUT2D eigenvalue weighted by Crippen LogP contribution is 2.23. The molecule has 2 aromatic rings. The lowest BCUT2D eigenvalue weighted by molar-refractivity contribution is 0.0275. The summed E-state index contributed by atoms with van der Waals surface area (Å²) in [5.41, 5.74) is 0.0217. The van der Waals surface area contributed by atoms with Gasteiger partial charge < -0.3 is 18.9 Å². The maximum absolute atomic E-state index is 12.2. The van der Waals surface area contributed by atoms with Gasteiger partial charge in [0.1, 0.15) is 23.1 Å². The third kappa shape index (κ3) is 5.91. The third-order valence-corrected chi connectivity index (χ3v) is 4.21. The maximum atomic E-state index is 12.2. The fourth-order valence-corrected chi connectivity index (χ4v) is 2.90. The number of amides is 1. The summed E-state index contributed by atoms with van der Waals surface area (Å²) in [5, 5.41) is 12.6. The van der Waals surface area contributed by atoms with Crippen LogP contribution in [0.4, 0.5) is 4.79 Å². The van der Waals surface area contributed by atoms with E-state index in [0.717, 1.165) is 6.42 Å². The van der Waals surface area contributed by atoms with Crippen LogP contribution in [0.5, 0.6) is 5.75 Å². The van der Waals surface area contributed by atoms with Gasteiger partial charge in [-0.25, -0.2) is 4.79 Å². The van der Waals surface area contributed by atoms with Gasteiger partial charge in [0.15, 0.2) is 0 Å². The number of aryl methyl sites for hydroxylation is 1. The van der Waals surface area contributed by atoms with Crippen molar-refractivity contribution >= 4 is 6.09 Å². The molecule has 1 fully saturated rings. The Morgan fingerprint density at radius 1 is 1.45 bits per heavy atom. The van der Waals surface area contributed by atoms with E-state index in [2.05, 4.69) is 21.2 Å². The van der Waals surface area contributed by atoms with E-state index in [1.807, 2.05) is 20.8 Å². The van der Waals surface area contributed by atoms with Crippen molar-refractivity contribution in [2.75, 3.05) is 13.1 Å². The quantitative estimate of drug-likeness (QED) is 0.679. The van der Waals surface area contributed by atoms with E-state index in [4.69, 9.17) is 19.3 Å². The van der Waals surface area contributed by atoms with Crippen molar-refractivity contribution in [1.82, 2.24) is 20.0 Å². The lowest BCUT2D eigenvalue weighted by Crippen LogP contribution is -2.36. The number of ether oxygens (including phenoxy) is 2. The van der Waals surface area contributed by atoms with E-state index < -0.39 is 5.60 Å². The molecule has 3 rings (SSSR count). The van der Waals surface area contributed by atoms with Gasteiger partial charge in [0, 0.05) is 38.1 Å². The highest BCUT2D eigenvalue weighted by molar-refractivity contribution is 5.68. The van der Waals surface area contributed by atoms with Gasteiger partial charge in [-0.05, 0) is 33.3 Å². The highest BCUT2D eigenvalue weighted by Gasteiger charge is 2.31. The van der Waals surface area contributed by atoms with Gasteiger partial charge in [0.25, 0.3) is 0 Å². The van der Waals surface area contributed by atoms with Gasteiger partial charge in [0.2, 0.25) is 11.7 Å². The molecule has 0 radical (unpaired) electrons. The Morgan fingerprint density at radius 3 is 3.03 bits per heavy atom. The van der Waals surface area contributed by atoms with Crippen LogP contribution in [-0.2, 0) is 11.2 Å². The summed E-state index contributed by atoms with van der Waals surface area (Å²) in [7, 11) is 0. The van der Waals surface area contributed by atoms with Gasteiger partial charge in [-0.15, -0.1) is 0 Å². The number of aromatic nitrogens is 3. The van der Waals surface area contributed by atoms with Crippen molar-refractivity contribution < 1.29 is 18.8 Å². The summed E-state index contributed by atoms with van der Waals surface area (Å²) in [6.07, 6.45) is 3.57. The Bertz CT molecular complexity index is 883. The molecule has 1 unspecified atom stereocenters. The van der Waals surface area contributed by atoms with Crippen LogP contribution >= 0.6 is 0 Å². The smallest absolute Gasteiger partial charge is 0.410 e. The van der Waals surface area contributed by atoms with Crippen molar-refractivity contribution in [2.24, 2.45) is 0 Å². The Hall–Kier alpha value is -3.15. The number of carbonyl (C=O) groups is 1. The van der Waals surface area contributed by atoms with Gasteiger partial charge in [0.05, 0.1) is 12.6 Å². The molecular weight excluding hydrogens is 374 g/mol. The van der Waals surface area contributed by atoms with Crippen molar-refractivity contribution in [3.63, 3.8) is 0 Å². The summed E-state index contributed by atoms with van der Waals surface area (Å²) in [6, 6.07) is 5.60. The molecule has 9 heteroatoms. The molecule has 0 aliphatic carbocycles. The first kappa shape index (κ1) is 20.6. The normalized spacial score (nSPS) is 16.5. The topological polar surface area (TPSA) is 114 Å². The lowest BCUT2D eigenvalue weighted by Gasteiger charge is -2.24. The molecule has 1 aliphatic heterocycles. The van der Waals surface area contributed by atoms with Crippen LogP contribution in [0.1, 0.15) is 45.9 Å². The zero-order valence-electron chi connectivity index (χ0n) is 16.9. The molecule has 2 aromatic heterocycles. The summed E-state index contributed by atoms with van der Waals surface area (Å²) >= 11 is 0. The number of rotatable bonds is 6. The Labute approximate surface area is 169 Å². The summed E-state index contributed by atoms with van der Waals surface area (Å²) in [4.78, 5) is 22.4. The van der Waals surface area contributed by atoms with Crippen LogP contribution < -0.4 is 4.74 Å². The lowest BCUT2D eigenvalue weighted by atomic mass is 10.2. The van der Waals surface area contributed by atoms with E-state index in [0.29, 0.717) is 55.5 Å². The molecule has 1 amide bonds. The minimum atomic E-state index is -0.520. The Morgan fingerprint density at radius 2 is 2.28 bits per heavy atom. The number of unbranched alkanes of at least 4 members (excludes halogenated alkanes) is 1. The number of likely N-dealkylation sites (tertiary alicyclic amines) is 1. The summed E-state index contributed by atoms with van der Waals surface area (Å²) in [6.45, 7) is 6.60. The molecule has 29 heavy (non-hydrogen) atoms. The van der Waals surface area contributed by atoms with E-state index in [9.17, 15) is 4.79 Å². The van der Waals surface area contributed by atoms with Gasteiger partial charge in [-0.1, -0.05) is 5.16 Å². The molecule has 3 heterocycles. The van der Waals surface area contributed by atoms with Crippen LogP contribution in [0.15, 0.2) is 22.9 Å². The van der Waals surface area contributed by atoms with Gasteiger partial charge in [-0.2, -0.15) is 10.2 Å². The molecule has 0 spiro atoms. The molecule has 0 N–H and O–H groups in total. The molecule has 9 nitrogen and oxygen atoms in total. The molecule has 0 bridgehead atoms. The number of nitriles is 1. The number of pyridine rings is 1. The van der Waals surface area contributed by atoms with Crippen molar-refractivity contribution in [3.05, 3.63) is 24.2 Å². The molecule has 1 saturated heterocycles.